The number of benzene rings is 2. The number of aryl methyl sites for hydroxylation is 1. The Morgan fingerprint density at radius 2 is 1.83 bits per heavy atom. The Morgan fingerprint density at radius 1 is 1.17 bits per heavy atom. The molecule has 122 valence electrons. The third-order valence-electron chi connectivity index (χ3n) is 3.28. The Kier molecular flexibility index (Phi) is 5.41. The third kappa shape index (κ3) is 4.31. The number of rotatable bonds is 5. The monoisotopic (exact) mass is 353 g/mol. The zero-order valence-electron chi connectivity index (χ0n) is 12.7. The molecule has 0 aliphatic heterocycles. The first-order valence-electron chi connectivity index (χ1n) is 6.76. The Morgan fingerprint density at radius 3 is 2.43 bits per heavy atom. The van der Waals surface area contributed by atoms with E-state index in [4.69, 9.17) is 11.6 Å². The predicted molar refractivity (Wildman–Crippen MR) is 88.0 cm³/mol. The third-order valence-corrected chi connectivity index (χ3v) is 5.07. The van der Waals surface area contributed by atoms with Crippen molar-refractivity contribution < 1.29 is 17.9 Å². The van der Waals surface area contributed by atoms with Gasteiger partial charge in [0.05, 0.1) is 17.6 Å². The van der Waals surface area contributed by atoms with Crippen molar-refractivity contribution in [2.24, 2.45) is 0 Å². The second-order valence-corrected chi connectivity index (χ2v) is 7.09. The van der Waals surface area contributed by atoms with Crippen LogP contribution in [0.1, 0.15) is 21.5 Å². The molecule has 5 nitrogen and oxygen atoms in total. The molecule has 1 N–H and O–H groups in total. The average Bonchev–Trinajstić information content (AvgIpc) is 2.54. The van der Waals surface area contributed by atoms with E-state index in [1.54, 1.807) is 37.3 Å². The van der Waals surface area contributed by atoms with E-state index in [-0.39, 0.29) is 17.0 Å². The van der Waals surface area contributed by atoms with Crippen LogP contribution in [0.4, 0.5) is 0 Å². The van der Waals surface area contributed by atoms with Crippen molar-refractivity contribution in [3.63, 3.8) is 0 Å². The highest BCUT2D eigenvalue weighted by molar-refractivity contribution is 7.89. The number of sulfonamides is 1. The highest BCUT2D eigenvalue weighted by Crippen LogP contribution is 2.18. The highest BCUT2D eigenvalue weighted by Gasteiger charge is 2.19. The van der Waals surface area contributed by atoms with Gasteiger partial charge in [-0.15, -0.1) is 0 Å². The summed E-state index contributed by atoms with van der Waals surface area (Å²) in [7, 11) is -2.51. The highest BCUT2D eigenvalue weighted by atomic mass is 35.5. The Hall–Kier alpha value is -1.89. The number of ether oxygens (including phenoxy) is 1. The molecule has 0 radical (unpaired) electrons. The lowest BCUT2D eigenvalue weighted by atomic mass is 10.1. The number of hydrogen-bond acceptors (Lipinski definition) is 4. The second-order valence-electron chi connectivity index (χ2n) is 4.92. The number of nitrogens with one attached hydrogen (secondary N) is 1. The number of hydrogen-bond donors (Lipinski definition) is 1. The molecule has 2 aromatic rings. The van der Waals surface area contributed by atoms with Gasteiger partial charge in [-0.2, -0.15) is 0 Å². The summed E-state index contributed by atoms with van der Waals surface area (Å²) in [5.74, 6) is -0.584. The zero-order valence-corrected chi connectivity index (χ0v) is 14.2. The molecule has 0 aliphatic carbocycles. The lowest BCUT2D eigenvalue weighted by Crippen LogP contribution is -2.24. The summed E-state index contributed by atoms with van der Waals surface area (Å²) in [6.45, 7) is 1.79. The molecule has 0 amide bonds. The molecule has 0 atom stereocenters. The van der Waals surface area contributed by atoms with E-state index in [1.165, 1.54) is 19.2 Å². The van der Waals surface area contributed by atoms with Crippen molar-refractivity contribution >= 4 is 27.6 Å². The first kappa shape index (κ1) is 17.5. The van der Waals surface area contributed by atoms with E-state index in [9.17, 15) is 13.2 Å². The van der Waals surface area contributed by atoms with Gasteiger partial charge in [-0.1, -0.05) is 29.8 Å². The molecule has 2 rings (SSSR count). The van der Waals surface area contributed by atoms with Gasteiger partial charge in [0.2, 0.25) is 10.0 Å². The van der Waals surface area contributed by atoms with Gasteiger partial charge in [-0.05, 0) is 42.3 Å². The fourth-order valence-corrected chi connectivity index (χ4v) is 3.40. The van der Waals surface area contributed by atoms with Crippen molar-refractivity contribution in [1.29, 1.82) is 0 Å². The standard InChI is InChI=1S/C16H16ClNO4S/c1-11-3-6-13(16(19)22-2)9-15(11)23(20,21)18-10-12-4-7-14(17)8-5-12/h3-9,18H,10H2,1-2H3. The summed E-state index contributed by atoms with van der Waals surface area (Å²) in [5, 5.41) is 0.582. The maximum absolute atomic E-state index is 12.5. The lowest BCUT2D eigenvalue weighted by molar-refractivity contribution is 0.0600. The first-order chi connectivity index (χ1) is 10.8. The Labute approximate surface area is 140 Å². The average molecular weight is 354 g/mol. The van der Waals surface area contributed by atoms with Crippen LogP contribution in [0.15, 0.2) is 47.4 Å². The fraction of sp³-hybridized carbons (Fsp3) is 0.188. The number of carbonyl (C=O) groups excluding carboxylic acids is 1. The van der Waals surface area contributed by atoms with Crippen LogP contribution in [-0.2, 0) is 21.3 Å². The van der Waals surface area contributed by atoms with Crippen LogP contribution in [0.25, 0.3) is 0 Å². The van der Waals surface area contributed by atoms with Gasteiger partial charge in [-0.3, -0.25) is 0 Å². The van der Waals surface area contributed by atoms with Gasteiger partial charge in [0, 0.05) is 11.6 Å². The number of carbonyl (C=O) groups is 1. The fourth-order valence-electron chi connectivity index (χ4n) is 1.99. The molecule has 0 saturated carbocycles. The quantitative estimate of drug-likeness (QED) is 0.839. The zero-order chi connectivity index (χ0) is 17.0. The molecule has 0 aromatic heterocycles. The van der Waals surface area contributed by atoms with Gasteiger partial charge in [0.25, 0.3) is 0 Å². The molecule has 0 heterocycles. The topological polar surface area (TPSA) is 72.5 Å². The number of esters is 1. The van der Waals surface area contributed by atoms with E-state index in [2.05, 4.69) is 9.46 Å². The molecule has 0 fully saturated rings. The minimum Gasteiger partial charge on any atom is -0.465 e. The van der Waals surface area contributed by atoms with Crippen LogP contribution >= 0.6 is 11.6 Å². The Balaban J connectivity index is 2.25. The van der Waals surface area contributed by atoms with Crippen LogP contribution in [0.3, 0.4) is 0 Å². The minimum atomic E-state index is -3.75. The van der Waals surface area contributed by atoms with E-state index < -0.39 is 16.0 Å². The van der Waals surface area contributed by atoms with Crippen LogP contribution in [-0.4, -0.2) is 21.5 Å². The number of halogens is 1. The normalized spacial score (nSPS) is 11.3. The van der Waals surface area contributed by atoms with Gasteiger partial charge in [0.1, 0.15) is 0 Å². The second kappa shape index (κ2) is 7.12. The molecule has 0 spiro atoms. The largest absolute Gasteiger partial charge is 0.465 e. The molecule has 7 heteroatoms. The van der Waals surface area contributed by atoms with Gasteiger partial charge in [0.15, 0.2) is 0 Å². The molecule has 0 saturated heterocycles. The smallest absolute Gasteiger partial charge is 0.337 e. The summed E-state index contributed by atoms with van der Waals surface area (Å²) in [6, 6.07) is 11.3. The van der Waals surface area contributed by atoms with Crippen molar-refractivity contribution in [3.05, 3.63) is 64.2 Å². The SMILES string of the molecule is COC(=O)c1ccc(C)c(S(=O)(=O)NCc2ccc(Cl)cc2)c1. The number of methoxy groups -OCH3 is 1. The predicted octanol–water partition coefficient (Wildman–Crippen LogP) is 2.91. The maximum atomic E-state index is 12.5. The van der Waals surface area contributed by atoms with Crippen molar-refractivity contribution in [3.8, 4) is 0 Å². The van der Waals surface area contributed by atoms with Crippen LogP contribution < -0.4 is 4.72 Å². The van der Waals surface area contributed by atoms with Crippen molar-refractivity contribution in [1.82, 2.24) is 4.72 Å². The van der Waals surface area contributed by atoms with E-state index in [0.29, 0.717) is 10.6 Å². The molecule has 2 aromatic carbocycles. The lowest BCUT2D eigenvalue weighted by Gasteiger charge is -2.11. The minimum absolute atomic E-state index is 0.0503. The molecule has 23 heavy (non-hydrogen) atoms. The summed E-state index contributed by atoms with van der Waals surface area (Å²) in [5.41, 5.74) is 1.51. The molecular weight excluding hydrogens is 338 g/mol. The molecule has 0 bridgehead atoms. The summed E-state index contributed by atoms with van der Waals surface area (Å²) in [4.78, 5) is 11.6. The van der Waals surface area contributed by atoms with E-state index in [1.807, 2.05) is 0 Å². The summed E-state index contributed by atoms with van der Waals surface area (Å²) < 4.78 is 32.1. The first-order valence-corrected chi connectivity index (χ1v) is 8.62. The summed E-state index contributed by atoms with van der Waals surface area (Å²) in [6.07, 6.45) is 0. The van der Waals surface area contributed by atoms with Crippen molar-refractivity contribution in [2.45, 2.75) is 18.4 Å². The van der Waals surface area contributed by atoms with Crippen molar-refractivity contribution in [2.75, 3.05) is 7.11 Å². The van der Waals surface area contributed by atoms with Crippen LogP contribution in [0.2, 0.25) is 5.02 Å². The van der Waals surface area contributed by atoms with E-state index in [0.717, 1.165) is 5.56 Å². The molecular formula is C16H16ClNO4S. The Bertz CT molecular complexity index is 816. The van der Waals surface area contributed by atoms with E-state index >= 15 is 0 Å². The van der Waals surface area contributed by atoms with Crippen LogP contribution in [0.5, 0.6) is 0 Å². The maximum Gasteiger partial charge on any atom is 0.337 e. The van der Waals surface area contributed by atoms with Gasteiger partial charge in [-0.25, -0.2) is 17.9 Å². The summed E-state index contributed by atoms with van der Waals surface area (Å²) >= 11 is 5.80. The van der Waals surface area contributed by atoms with Gasteiger partial charge < -0.3 is 4.74 Å². The van der Waals surface area contributed by atoms with Crippen LogP contribution in [0, 0.1) is 6.92 Å². The molecule has 0 unspecified atom stereocenters. The van der Waals surface area contributed by atoms with Gasteiger partial charge >= 0.3 is 5.97 Å². The molecule has 0 aliphatic rings.